The molecule has 0 aromatic carbocycles. The quantitative estimate of drug-likeness (QED) is 0.698. The molecule has 1 heterocycles. The number of carboxylic acid groups (broad SMARTS) is 3. The Labute approximate surface area is 130 Å². The number of aromatic carboxylic acids is 3. The van der Waals surface area contributed by atoms with Crippen molar-refractivity contribution in [1.29, 1.82) is 0 Å². The van der Waals surface area contributed by atoms with Crippen LogP contribution in [0, 0.1) is 6.92 Å². The summed E-state index contributed by atoms with van der Waals surface area (Å²) in [6, 6.07) is 0. The number of hydrogen-bond donors (Lipinski definition) is 3. The minimum atomic E-state index is -1.80. The van der Waals surface area contributed by atoms with Gasteiger partial charge in [0.05, 0.1) is 16.8 Å². The maximum absolute atomic E-state index is 12.1. The predicted octanol–water partition coefficient (Wildman–Crippen LogP) is 1.44. The van der Waals surface area contributed by atoms with Crippen LogP contribution in [0.2, 0.25) is 0 Å². The standard InChI is InChI=1S/C14H15NO8/c1-5-6(10(16)17)7(11(18)19)8(12(20)21)9(15-5)13(22)23-14(2,3)4/h1-4H3,(H,16,17)(H,18,19)(H,20,21). The third-order valence-corrected chi connectivity index (χ3v) is 2.61. The van der Waals surface area contributed by atoms with Crippen LogP contribution in [-0.4, -0.2) is 49.8 Å². The summed E-state index contributed by atoms with van der Waals surface area (Å²) >= 11 is 0. The van der Waals surface area contributed by atoms with E-state index in [1.54, 1.807) is 0 Å². The minimum Gasteiger partial charge on any atom is -0.478 e. The number of carbonyl (C=O) groups is 4. The van der Waals surface area contributed by atoms with Crippen molar-refractivity contribution in [3.8, 4) is 0 Å². The summed E-state index contributed by atoms with van der Waals surface area (Å²) in [5.41, 5.74) is -4.86. The lowest BCUT2D eigenvalue weighted by atomic mass is 9.98. The molecular weight excluding hydrogens is 310 g/mol. The van der Waals surface area contributed by atoms with Gasteiger partial charge in [-0.3, -0.25) is 0 Å². The van der Waals surface area contributed by atoms with E-state index in [0.29, 0.717) is 0 Å². The average molecular weight is 325 g/mol. The van der Waals surface area contributed by atoms with Gasteiger partial charge in [0, 0.05) is 0 Å². The summed E-state index contributed by atoms with van der Waals surface area (Å²) in [6.07, 6.45) is 0. The molecule has 0 amide bonds. The molecule has 0 saturated heterocycles. The first-order valence-electron chi connectivity index (χ1n) is 6.34. The molecule has 9 heteroatoms. The number of pyridine rings is 1. The second-order valence-electron chi connectivity index (χ2n) is 5.59. The lowest BCUT2D eigenvalue weighted by Gasteiger charge is -2.20. The zero-order chi connectivity index (χ0) is 18.1. The van der Waals surface area contributed by atoms with Crippen LogP contribution in [0.1, 0.15) is 68.0 Å². The monoisotopic (exact) mass is 325 g/mol. The van der Waals surface area contributed by atoms with Gasteiger partial charge in [-0.2, -0.15) is 0 Å². The molecule has 0 spiro atoms. The van der Waals surface area contributed by atoms with Gasteiger partial charge in [-0.25, -0.2) is 24.2 Å². The Morgan fingerprint density at radius 1 is 0.870 bits per heavy atom. The Kier molecular flexibility index (Phi) is 4.74. The van der Waals surface area contributed by atoms with Crippen molar-refractivity contribution in [3.05, 3.63) is 28.1 Å². The fraction of sp³-hybridized carbons (Fsp3) is 0.357. The fourth-order valence-corrected chi connectivity index (χ4v) is 1.86. The number of ether oxygens (including phenoxy) is 1. The molecule has 0 atom stereocenters. The maximum atomic E-state index is 12.1. The highest BCUT2D eigenvalue weighted by Gasteiger charge is 2.34. The molecule has 3 N–H and O–H groups in total. The van der Waals surface area contributed by atoms with Gasteiger partial charge in [0.25, 0.3) is 0 Å². The summed E-state index contributed by atoms with van der Waals surface area (Å²) < 4.78 is 5.00. The van der Waals surface area contributed by atoms with Gasteiger partial charge in [0.15, 0.2) is 5.69 Å². The molecular formula is C14H15NO8. The lowest BCUT2D eigenvalue weighted by Crippen LogP contribution is -2.28. The maximum Gasteiger partial charge on any atom is 0.358 e. The number of aryl methyl sites for hydroxylation is 1. The Balaban J connectivity index is 3.80. The topological polar surface area (TPSA) is 151 Å². The zero-order valence-corrected chi connectivity index (χ0v) is 12.8. The van der Waals surface area contributed by atoms with Crippen LogP contribution in [0.25, 0.3) is 0 Å². The Hall–Kier alpha value is -2.97. The van der Waals surface area contributed by atoms with Gasteiger partial charge in [-0.1, -0.05) is 0 Å². The SMILES string of the molecule is Cc1nc(C(=O)OC(C)(C)C)c(C(=O)O)c(C(=O)O)c1C(=O)O. The van der Waals surface area contributed by atoms with Crippen molar-refractivity contribution in [2.75, 3.05) is 0 Å². The van der Waals surface area contributed by atoms with Gasteiger partial charge in [0.1, 0.15) is 11.2 Å². The van der Waals surface area contributed by atoms with Crippen LogP contribution in [0.4, 0.5) is 0 Å². The molecule has 0 aliphatic carbocycles. The van der Waals surface area contributed by atoms with Crippen LogP contribution in [0.15, 0.2) is 0 Å². The van der Waals surface area contributed by atoms with E-state index >= 15 is 0 Å². The molecule has 1 aromatic heterocycles. The van der Waals surface area contributed by atoms with E-state index in [1.165, 1.54) is 20.8 Å². The van der Waals surface area contributed by atoms with Crippen molar-refractivity contribution in [2.45, 2.75) is 33.3 Å². The Bertz CT molecular complexity index is 714. The summed E-state index contributed by atoms with van der Waals surface area (Å²) in [5.74, 6) is -6.41. The van der Waals surface area contributed by atoms with Gasteiger partial charge in [-0.15, -0.1) is 0 Å². The number of rotatable bonds is 4. The van der Waals surface area contributed by atoms with Gasteiger partial charge < -0.3 is 20.1 Å². The smallest absolute Gasteiger partial charge is 0.358 e. The van der Waals surface area contributed by atoms with Gasteiger partial charge in [0.2, 0.25) is 0 Å². The summed E-state index contributed by atoms with van der Waals surface area (Å²) in [5, 5.41) is 27.5. The lowest BCUT2D eigenvalue weighted by molar-refractivity contribution is 0.00581. The molecule has 9 nitrogen and oxygen atoms in total. The normalized spacial score (nSPS) is 11.0. The zero-order valence-electron chi connectivity index (χ0n) is 12.8. The minimum absolute atomic E-state index is 0.305. The number of nitrogens with zero attached hydrogens (tertiary/aromatic N) is 1. The van der Waals surface area contributed by atoms with E-state index in [0.717, 1.165) is 6.92 Å². The molecule has 124 valence electrons. The fourth-order valence-electron chi connectivity index (χ4n) is 1.86. The Morgan fingerprint density at radius 2 is 1.30 bits per heavy atom. The van der Waals surface area contributed by atoms with Crippen LogP contribution >= 0.6 is 0 Å². The highest BCUT2D eigenvalue weighted by atomic mass is 16.6. The Morgan fingerprint density at radius 3 is 1.65 bits per heavy atom. The van der Waals surface area contributed by atoms with E-state index in [-0.39, 0.29) is 5.69 Å². The second kappa shape index (κ2) is 6.03. The molecule has 0 aliphatic rings. The number of hydrogen-bond acceptors (Lipinski definition) is 6. The van der Waals surface area contributed by atoms with E-state index in [9.17, 15) is 29.4 Å². The third kappa shape index (κ3) is 3.82. The van der Waals surface area contributed by atoms with Crippen molar-refractivity contribution in [1.82, 2.24) is 4.98 Å². The molecule has 0 aliphatic heterocycles. The van der Waals surface area contributed by atoms with E-state index in [4.69, 9.17) is 9.84 Å². The van der Waals surface area contributed by atoms with Crippen molar-refractivity contribution in [3.63, 3.8) is 0 Å². The van der Waals surface area contributed by atoms with Crippen LogP contribution in [0.3, 0.4) is 0 Å². The van der Waals surface area contributed by atoms with Crippen molar-refractivity contribution >= 4 is 23.9 Å². The van der Waals surface area contributed by atoms with Crippen LogP contribution in [-0.2, 0) is 4.74 Å². The van der Waals surface area contributed by atoms with Gasteiger partial charge >= 0.3 is 23.9 Å². The summed E-state index contributed by atoms with van der Waals surface area (Å²) in [4.78, 5) is 49.7. The van der Waals surface area contributed by atoms with E-state index in [2.05, 4.69) is 4.98 Å². The third-order valence-electron chi connectivity index (χ3n) is 2.61. The number of aromatic nitrogens is 1. The first kappa shape index (κ1) is 18.1. The highest BCUT2D eigenvalue weighted by Crippen LogP contribution is 2.23. The van der Waals surface area contributed by atoms with Crippen LogP contribution in [0.5, 0.6) is 0 Å². The molecule has 0 bridgehead atoms. The van der Waals surface area contributed by atoms with Crippen LogP contribution < -0.4 is 0 Å². The molecule has 1 rings (SSSR count). The number of carbonyl (C=O) groups excluding carboxylic acids is 1. The molecule has 0 fully saturated rings. The molecule has 0 radical (unpaired) electrons. The first-order valence-corrected chi connectivity index (χ1v) is 6.34. The largest absolute Gasteiger partial charge is 0.478 e. The van der Waals surface area contributed by atoms with Crippen molar-refractivity contribution < 1.29 is 39.2 Å². The first-order chi connectivity index (χ1) is 10.4. The second-order valence-corrected chi connectivity index (χ2v) is 5.59. The molecule has 23 heavy (non-hydrogen) atoms. The predicted molar refractivity (Wildman–Crippen MR) is 75.0 cm³/mol. The summed E-state index contributed by atoms with van der Waals surface area (Å²) in [7, 11) is 0. The van der Waals surface area contributed by atoms with E-state index < -0.39 is 51.9 Å². The van der Waals surface area contributed by atoms with Crippen molar-refractivity contribution in [2.24, 2.45) is 0 Å². The summed E-state index contributed by atoms with van der Waals surface area (Å²) in [6.45, 7) is 5.75. The van der Waals surface area contributed by atoms with Gasteiger partial charge in [-0.05, 0) is 27.7 Å². The molecule has 0 saturated carbocycles. The molecule has 1 aromatic rings. The molecule has 0 unspecified atom stereocenters. The van der Waals surface area contributed by atoms with E-state index in [1.807, 2.05) is 0 Å². The highest BCUT2D eigenvalue weighted by molar-refractivity contribution is 6.13. The number of esters is 1. The number of carboxylic acids is 3. The average Bonchev–Trinajstić information content (AvgIpc) is 2.33.